The molecule has 0 aliphatic heterocycles. The molecule has 0 unspecified atom stereocenters. The van der Waals surface area contributed by atoms with Crippen LogP contribution in [0.1, 0.15) is 58.2 Å². The topological polar surface area (TPSA) is 90.4 Å². The summed E-state index contributed by atoms with van der Waals surface area (Å²) in [5.41, 5.74) is 5.12. The molecule has 140 valence electrons. The van der Waals surface area contributed by atoms with E-state index in [1.54, 1.807) is 6.21 Å². The van der Waals surface area contributed by atoms with Gasteiger partial charge in [0, 0.05) is 11.1 Å². The van der Waals surface area contributed by atoms with Gasteiger partial charge in [-0.1, -0.05) is 41.5 Å². The fraction of sp³-hybridized carbons (Fsp3) is 0.421. The SMILES string of the molecule is CC(C)(C)c1cc(/C=N/Nc2cn[nH]c(=O)c2Br)cc(C(C)(C)C)c1O. The summed E-state index contributed by atoms with van der Waals surface area (Å²) in [4.78, 5) is 11.5. The van der Waals surface area contributed by atoms with Crippen molar-refractivity contribution < 1.29 is 5.11 Å². The summed E-state index contributed by atoms with van der Waals surface area (Å²) >= 11 is 3.20. The lowest BCUT2D eigenvalue weighted by molar-refractivity contribution is 0.423. The molecule has 0 radical (unpaired) electrons. The summed E-state index contributed by atoms with van der Waals surface area (Å²) < 4.78 is 0.334. The Bertz CT molecular complexity index is 855. The Morgan fingerprint density at radius 2 is 1.69 bits per heavy atom. The van der Waals surface area contributed by atoms with Crippen molar-refractivity contribution in [2.24, 2.45) is 5.10 Å². The predicted molar refractivity (Wildman–Crippen MR) is 109 cm³/mol. The Morgan fingerprint density at radius 3 is 2.19 bits per heavy atom. The van der Waals surface area contributed by atoms with Crippen molar-refractivity contribution in [3.05, 3.63) is 49.8 Å². The van der Waals surface area contributed by atoms with Crippen molar-refractivity contribution in [3.8, 4) is 5.75 Å². The van der Waals surface area contributed by atoms with Crippen LogP contribution in [0.4, 0.5) is 5.69 Å². The molecule has 1 aromatic heterocycles. The Hall–Kier alpha value is -2.15. The van der Waals surface area contributed by atoms with Gasteiger partial charge in [0.1, 0.15) is 10.2 Å². The lowest BCUT2D eigenvalue weighted by atomic mass is 9.78. The quantitative estimate of drug-likeness (QED) is 0.510. The van der Waals surface area contributed by atoms with Crippen LogP contribution in [0.2, 0.25) is 0 Å². The van der Waals surface area contributed by atoms with Crippen molar-refractivity contribution in [2.75, 3.05) is 5.43 Å². The third kappa shape index (κ3) is 4.52. The number of nitrogens with zero attached hydrogens (tertiary/aromatic N) is 2. The molecule has 0 bridgehead atoms. The van der Waals surface area contributed by atoms with E-state index in [1.807, 2.05) is 12.1 Å². The smallest absolute Gasteiger partial charge is 0.280 e. The highest BCUT2D eigenvalue weighted by Crippen LogP contribution is 2.39. The number of aromatic nitrogens is 2. The molecule has 0 fully saturated rings. The van der Waals surface area contributed by atoms with Gasteiger partial charge < -0.3 is 5.11 Å². The van der Waals surface area contributed by atoms with Gasteiger partial charge in [0.2, 0.25) is 0 Å². The first kappa shape index (κ1) is 20.2. The monoisotopic (exact) mass is 420 g/mol. The Kier molecular flexibility index (Phi) is 5.61. The summed E-state index contributed by atoms with van der Waals surface area (Å²) in [5, 5.41) is 21.0. The van der Waals surface area contributed by atoms with Crippen molar-refractivity contribution in [1.82, 2.24) is 10.2 Å². The molecule has 0 spiro atoms. The van der Waals surface area contributed by atoms with Gasteiger partial charge in [0.05, 0.1) is 18.1 Å². The fourth-order valence-corrected chi connectivity index (χ4v) is 2.79. The van der Waals surface area contributed by atoms with Crippen LogP contribution >= 0.6 is 15.9 Å². The summed E-state index contributed by atoms with van der Waals surface area (Å²) in [6.45, 7) is 12.4. The molecule has 0 saturated carbocycles. The third-order valence-electron chi connectivity index (χ3n) is 3.94. The second-order valence-corrected chi connectivity index (χ2v) is 9.05. The number of hydrogen-bond donors (Lipinski definition) is 3. The highest BCUT2D eigenvalue weighted by atomic mass is 79.9. The summed E-state index contributed by atoms with van der Waals surface area (Å²) in [6, 6.07) is 3.86. The highest BCUT2D eigenvalue weighted by molar-refractivity contribution is 9.10. The largest absolute Gasteiger partial charge is 0.507 e. The zero-order valence-corrected chi connectivity index (χ0v) is 17.5. The zero-order valence-electron chi connectivity index (χ0n) is 15.9. The lowest BCUT2D eigenvalue weighted by Crippen LogP contribution is -2.18. The van der Waals surface area contributed by atoms with E-state index in [0.717, 1.165) is 16.7 Å². The number of hydrogen-bond acceptors (Lipinski definition) is 5. The van der Waals surface area contributed by atoms with Crippen LogP contribution in [-0.4, -0.2) is 21.5 Å². The summed E-state index contributed by atoms with van der Waals surface area (Å²) in [7, 11) is 0. The van der Waals surface area contributed by atoms with Gasteiger partial charge in [-0.2, -0.15) is 10.2 Å². The Balaban J connectivity index is 2.43. The first-order valence-corrected chi connectivity index (χ1v) is 9.11. The molecule has 1 aromatic carbocycles. The number of anilines is 1. The highest BCUT2D eigenvalue weighted by Gasteiger charge is 2.26. The van der Waals surface area contributed by atoms with E-state index in [2.05, 4.69) is 78.2 Å². The van der Waals surface area contributed by atoms with Crippen molar-refractivity contribution >= 4 is 27.8 Å². The molecule has 0 aliphatic rings. The van der Waals surface area contributed by atoms with Gasteiger partial charge in [-0.25, -0.2) is 5.10 Å². The van der Waals surface area contributed by atoms with Crippen molar-refractivity contribution in [1.29, 1.82) is 0 Å². The van der Waals surface area contributed by atoms with Crippen LogP contribution in [0, 0.1) is 0 Å². The Labute approximate surface area is 161 Å². The van der Waals surface area contributed by atoms with E-state index >= 15 is 0 Å². The second kappa shape index (κ2) is 7.23. The Morgan fingerprint density at radius 1 is 1.15 bits per heavy atom. The molecule has 2 aromatic rings. The number of H-pyrrole nitrogens is 1. The molecule has 2 rings (SSSR count). The van der Waals surface area contributed by atoms with Gasteiger partial charge in [-0.05, 0) is 44.5 Å². The number of hydrazone groups is 1. The first-order valence-electron chi connectivity index (χ1n) is 8.31. The molecule has 0 aliphatic carbocycles. The minimum Gasteiger partial charge on any atom is -0.507 e. The fourth-order valence-electron chi connectivity index (χ4n) is 2.51. The van der Waals surface area contributed by atoms with Gasteiger partial charge in [0.15, 0.2) is 0 Å². The molecular weight excluding hydrogens is 396 g/mol. The number of phenolic OH excluding ortho intramolecular Hbond substituents is 1. The molecular formula is C19H25BrN4O2. The van der Waals surface area contributed by atoms with Crippen LogP contribution in [0.5, 0.6) is 5.75 Å². The van der Waals surface area contributed by atoms with E-state index in [9.17, 15) is 9.90 Å². The number of nitrogens with one attached hydrogen (secondary N) is 2. The van der Waals surface area contributed by atoms with Crippen LogP contribution in [-0.2, 0) is 10.8 Å². The molecule has 0 amide bonds. The molecule has 7 heteroatoms. The minimum atomic E-state index is -0.333. The molecule has 0 saturated heterocycles. The molecule has 3 N–H and O–H groups in total. The van der Waals surface area contributed by atoms with Gasteiger partial charge >= 0.3 is 0 Å². The van der Waals surface area contributed by atoms with Crippen LogP contribution < -0.4 is 11.0 Å². The normalized spacial score (nSPS) is 12.6. The van der Waals surface area contributed by atoms with Crippen molar-refractivity contribution in [3.63, 3.8) is 0 Å². The van der Waals surface area contributed by atoms with Crippen LogP contribution in [0.3, 0.4) is 0 Å². The summed E-state index contributed by atoms with van der Waals surface area (Å²) in [6.07, 6.45) is 3.14. The molecule has 26 heavy (non-hydrogen) atoms. The summed E-state index contributed by atoms with van der Waals surface area (Å²) in [5.74, 6) is 0.330. The van der Waals surface area contributed by atoms with Gasteiger partial charge in [0.25, 0.3) is 5.56 Å². The van der Waals surface area contributed by atoms with E-state index in [0.29, 0.717) is 15.9 Å². The number of halogens is 1. The minimum absolute atomic E-state index is 0.207. The van der Waals surface area contributed by atoms with E-state index in [4.69, 9.17) is 0 Å². The molecule has 6 nitrogen and oxygen atoms in total. The third-order valence-corrected chi connectivity index (χ3v) is 4.73. The zero-order chi connectivity index (χ0) is 19.7. The van der Waals surface area contributed by atoms with E-state index in [-0.39, 0.29) is 16.4 Å². The lowest BCUT2D eigenvalue weighted by Gasteiger charge is -2.27. The van der Waals surface area contributed by atoms with Crippen LogP contribution in [0.25, 0.3) is 0 Å². The average molecular weight is 421 g/mol. The first-order chi connectivity index (χ1) is 11.9. The van der Waals surface area contributed by atoms with Crippen LogP contribution in [0.15, 0.2) is 32.7 Å². The number of aromatic amines is 1. The van der Waals surface area contributed by atoms with Crippen molar-refractivity contribution in [2.45, 2.75) is 52.4 Å². The second-order valence-electron chi connectivity index (χ2n) is 8.26. The van der Waals surface area contributed by atoms with E-state index < -0.39 is 0 Å². The molecule has 0 atom stereocenters. The maximum atomic E-state index is 11.5. The number of benzene rings is 1. The maximum Gasteiger partial charge on any atom is 0.280 e. The van der Waals surface area contributed by atoms with Gasteiger partial charge in [-0.15, -0.1) is 0 Å². The number of rotatable bonds is 3. The predicted octanol–water partition coefficient (Wildman–Crippen LogP) is 4.28. The standard InChI is InChI=1S/C19H25BrN4O2/c1-18(2,3)12-7-11(8-13(16(12)25)19(4,5)6)9-21-23-14-10-22-24-17(26)15(14)20/h7-10,25H,1-6H3,(H2,23,24,26)/b21-9+. The van der Waals surface area contributed by atoms with E-state index in [1.165, 1.54) is 6.20 Å². The molecule has 1 heterocycles. The number of phenols is 1. The number of aromatic hydroxyl groups is 1. The maximum absolute atomic E-state index is 11.5. The average Bonchev–Trinajstić information content (AvgIpc) is 2.50. The van der Waals surface area contributed by atoms with Gasteiger partial charge in [-0.3, -0.25) is 10.2 Å².